The van der Waals surface area contributed by atoms with E-state index in [2.05, 4.69) is 5.32 Å². The maximum absolute atomic E-state index is 15.5. The van der Waals surface area contributed by atoms with E-state index in [9.17, 15) is 39.3 Å². The summed E-state index contributed by atoms with van der Waals surface area (Å²) in [6, 6.07) is 22.9. The minimum atomic E-state index is -2.39. The minimum Gasteiger partial charge on any atom is -0.456 e. The van der Waals surface area contributed by atoms with Crippen molar-refractivity contribution >= 4 is 35.6 Å². The summed E-state index contributed by atoms with van der Waals surface area (Å²) in [4.78, 5) is 83.5. The van der Waals surface area contributed by atoms with E-state index in [1.807, 2.05) is 0 Å². The van der Waals surface area contributed by atoms with E-state index in [-0.39, 0.29) is 35.3 Å². The topological polar surface area (TPSA) is 221 Å². The van der Waals surface area contributed by atoms with Gasteiger partial charge < -0.3 is 44.3 Å². The second kappa shape index (κ2) is 16.5. The Morgan fingerprint density at radius 2 is 1.40 bits per heavy atom. The third kappa shape index (κ3) is 7.29. The van der Waals surface area contributed by atoms with Crippen LogP contribution in [-0.2, 0) is 42.9 Å². The fourth-order valence-electron chi connectivity index (χ4n) is 10.2. The summed E-state index contributed by atoms with van der Waals surface area (Å²) < 4.78 is 30.3. The molecule has 15 heteroatoms. The van der Waals surface area contributed by atoms with Crippen molar-refractivity contribution in [3.63, 3.8) is 0 Å². The van der Waals surface area contributed by atoms with Crippen LogP contribution in [-0.4, -0.2) is 105 Å². The Morgan fingerprint density at radius 3 is 1.95 bits per heavy atom. The number of carbonyl (C=O) groups excluding carboxylic acids is 6. The minimum absolute atomic E-state index is 0.00289. The van der Waals surface area contributed by atoms with Gasteiger partial charge in [0.2, 0.25) is 0 Å². The Balaban J connectivity index is 1.39. The van der Waals surface area contributed by atoms with Crippen LogP contribution in [0.2, 0.25) is 0 Å². The molecule has 11 atom stereocenters. The molecule has 4 aliphatic rings. The van der Waals surface area contributed by atoms with Crippen molar-refractivity contribution in [2.75, 3.05) is 6.61 Å². The van der Waals surface area contributed by atoms with Crippen molar-refractivity contribution < 1.29 is 67.8 Å². The van der Waals surface area contributed by atoms with E-state index in [4.69, 9.17) is 23.7 Å². The number of hydrogen-bond acceptors (Lipinski definition) is 14. The normalized spacial score (nSPS) is 31.9. The van der Waals surface area contributed by atoms with Gasteiger partial charge in [0, 0.05) is 37.7 Å². The number of ketones is 1. The smallest absolute Gasteiger partial charge is 0.338 e. The number of ether oxygens (including phenoxy) is 5. The molecule has 1 aliphatic heterocycles. The van der Waals surface area contributed by atoms with Gasteiger partial charge in [0.15, 0.2) is 23.6 Å². The predicted octanol–water partition coefficient (Wildman–Crippen LogP) is 3.74. The standard InChI is InChI=1S/C47H51NO14/c1-25-31(60-43(56)36(52)35(28-16-10-7-11-17-28)48-41(54)29-18-12-8-13-19-29)23-47(57)40(61-42(55)30-20-14-9-15-21-30)38-45(6,32(51)22-33-46(38,24-58-33)62-27(3)50)39(53)37(59-26(2)49)34(25)44(47,4)5/h7-21,31-33,35-38,40,51-52,57H,22-24H2,1-6H3,(H,48,54)/t31?,32-,33+,35?,36+,37+,38-,40-,45+,46-,47+/m0/s1. The number of Topliss-reactive ketones (excluding diaryl/α,β-unsaturated/α-hetero) is 1. The molecule has 3 aromatic rings. The molecule has 3 aromatic carbocycles. The van der Waals surface area contributed by atoms with Crippen LogP contribution in [0.4, 0.5) is 0 Å². The molecule has 4 N–H and O–H groups in total. The van der Waals surface area contributed by atoms with Gasteiger partial charge in [-0.3, -0.25) is 19.2 Å². The van der Waals surface area contributed by atoms with E-state index in [1.54, 1.807) is 92.7 Å². The molecule has 62 heavy (non-hydrogen) atoms. The molecule has 1 heterocycles. The molecule has 1 saturated heterocycles. The first-order chi connectivity index (χ1) is 29.3. The largest absolute Gasteiger partial charge is 0.456 e. The van der Waals surface area contributed by atoms with Gasteiger partial charge in [-0.25, -0.2) is 9.59 Å². The lowest BCUT2D eigenvalue weighted by Gasteiger charge is -2.67. The lowest BCUT2D eigenvalue weighted by Crippen LogP contribution is -2.82. The van der Waals surface area contributed by atoms with Crippen LogP contribution in [0.5, 0.6) is 0 Å². The number of fused-ring (bicyclic) bond motifs is 5. The summed E-state index contributed by atoms with van der Waals surface area (Å²) in [6.07, 6.45) is -10.5. The molecule has 1 amide bonds. The highest BCUT2D eigenvalue weighted by Crippen LogP contribution is 2.64. The van der Waals surface area contributed by atoms with Crippen LogP contribution in [0.25, 0.3) is 0 Å². The summed E-state index contributed by atoms with van der Waals surface area (Å²) in [5.41, 5.74) is -7.02. The molecule has 3 fully saturated rings. The fourth-order valence-corrected chi connectivity index (χ4v) is 10.2. The second-order valence-corrected chi connectivity index (χ2v) is 17.4. The van der Waals surface area contributed by atoms with Crippen LogP contribution in [0.15, 0.2) is 102 Å². The Hall–Kier alpha value is -5.74. The first-order valence-electron chi connectivity index (χ1n) is 20.5. The average Bonchev–Trinajstić information content (AvgIpc) is 3.24. The van der Waals surface area contributed by atoms with E-state index in [0.717, 1.165) is 13.8 Å². The molecule has 2 bridgehead atoms. The summed E-state index contributed by atoms with van der Waals surface area (Å²) in [6.45, 7) is 7.97. The first-order valence-corrected chi connectivity index (χ1v) is 20.5. The predicted molar refractivity (Wildman–Crippen MR) is 218 cm³/mol. The van der Waals surface area contributed by atoms with Gasteiger partial charge in [-0.1, -0.05) is 80.6 Å². The average molecular weight is 854 g/mol. The number of aliphatic hydroxyl groups excluding tert-OH is 2. The van der Waals surface area contributed by atoms with Gasteiger partial charge in [-0.05, 0) is 54.8 Å². The number of aliphatic hydroxyl groups is 3. The molecule has 0 radical (unpaired) electrons. The molecule has 328 valence electrons. The van der Waals surface area contributed by atoms with Gasteiger partial charge in [0.05, 0.1) is 35.6 Å². The Kier molecular flexibility index (Phi) is 11.8. The Bertz CT molecular complexity index is 2280. The zero-order valence-electron chi connectivity index (χ0n) is 35.2. The molecule has 3 aliphatic carbocycles. The van der Waals surface area contributed by atoms with Crippen molar-refractivity contribution in [3.05, 3.63) is 119 Å². The van der Waals surface area contributed by atoms with E-state index >= 15 is 4.79 Å². The van der Waals surface area contributed by atoms with Gasteiger partial charge in [0.25, 0.3) is 5.91 Å². The summed E-state index contributed by atoms with van der Waals surface area (Å²) >= 11 is 0. The van der Waals surface area contributed by atoms with Crippen molar-refractivity contribution in [2.45, 2.75) is 108 Å². The molecule has 2 saturated carbocycles. The number of nitrogens with one attached hydrogen (secondary N) is 1. The van der Waals surface area contributed by atoms with Crippen LogP contribution in [0, 0.1) is 16.7 Å². The van der Waals surface area contributed by atoms with Gasteiger partial charge in [0.1, 0.15) is 23.9 Å². The zero-order chi connectivity index (χ0) is 44.9. The van der Waals surface area contributed by atoms with Crippen molar-refractivity contribution in [1.82, 2.24) is 5.32 Å². The maximum Gasteiger partial charge on any atom is 0.338 e. The monoisotopic (exact) mass is 853 g/mol. The van der Waals surface area contributed by atoms with E-state index < -0.39 is 113 Å². The van der Waals surface area contributed by atoms with E-state index in [0.29, 0.717) is 5.56 Å². The van der Waals surface area contributed by atoms with Crippen LogP contribution < -0.4 is 5.32 Å². The molecule has 0 spiro atoms. The molecule has 7 rings (SSSR count). The van der Waals surface area contributed by atoms with E-state index in [1.165, 1.54) is 26.0 Å². The molecular weight excluding hydrogens is 803 g/mol. The van der Waals surface area contributed by atoms with Crippen LogP contribution >= 0.6 is 0 Å². The van der Waals surface area contributed by atoms with Gasteiger partial charge in [-0.2, -0.15) is 0 Å². The Morgan fingerprint density at radius 1 is 0.823 bits per heavy atom. The quantitative estimate of drug-likeness (QED) is 0.130. The van der Waals surface area contributed by atoms with Crippen LogP contribution in [0.1, 0.15) is 86.7 Å². The number of benzene rings is 3. The number of hydrogen-bond donors (Lipinski definition) is 4. The second-order valence-electron chi connectivity index (χ2n) is 17.4. The third-order valence-electron chi connectivity index (χ3n) is 13.5. The highest BCUT2D eigenvalue weighted by atomic mass is 16.6. The fraction of sp³-hybridized carbons (Fsp3) is 0.447. The highest BCUT2D eigenvalue weighted by Gasteiger charge is 2.78. The lowest BCUT2D eigenvalue weighted by atomic mass is 9.44. The number of esters is 4. The number of rotatable bonds is 10. The van der Waals surface area contributed by atoms with Crippen LogP contribution in [0.3, 0.4) is 0 Å². The first kappa shape index (κ1) is 44.3. The lowest BCUT2D eigenvalue weighted by molar-refractivity contribution is -0.346. The summed E-state index contributed by atoms with van der Waals surface area (Å²) in [5, 5.41) is 40.2. The number of carbonyl (C=O) groups is 6. The number of amides is 1. The summed E-state index contributed by atoms with van der Waals surface area (Å²) in [7, 11) is 0. The molecule has 0 aromatic heterocycles. The van der Waals surface area contributed by atoms with Crippen molar-refractivity contribution in [2.24, 2.45) is 16.7 Å². The third-order valence-corrected chi connectivity index (χ3v) is 13.5. The van der Waals surface area contributed by atoms with Crippen molar-refractivity contribution in [3.8, 4) is 0 Å². The molecular formula is C47H51NO14. The van der Waals surface area contributed by atoms with Gasteiger partial charge in [-0.15, -0.1) is 0 Å². The SMILES string of the molecule is CC(=O)O[C@H]1C(=O)[C@@]2(C)[C@H]([C@H](OC(=O)c3ccccc3)[C@]3(O)CC(OC(=O)[C@H](O)C(NC(=O)c4ccccc4)c4ccccc4)C(C)=C1C3(C)C)[C@]1(OC(C)=O)CO[C@@H]1C[C@@H]2O. The highest BCUT2D eigenvalue weighted by molar-refractivity contribution is 5.96. The summed E-state index contributed by atoms with van der Waals surface area (Å²) in [5.74, 6) is -6.84. The van der Waals surface area contributed by atoms with Crippen molar-refractivity contribution in [1.29, 1.82) is 0 Å². The Labute approximate surface area is 358 Å². The maximum atomic E-state index is 15.5. The van der Waals surface area contributed by atoms with Gasteiger partial charge >= 0.3 is 23.9 Å². The molecule has 2 unspecified atom stereocenters. The zero-order valence-corrected chi connectivity index (χ0v) is 35.2. The molecule has 15 nitrogen and oxygen atoms in total.